The number of methoxy groups -OCH3 is 1. The maximum Gasteiger partial charge on any atom is 0.157 e. The van der Waals surface area contributed by atoms with E-state index in [4.69, 9.17) is 18.9 Å². The van der Waals surface area contributed by atoms with Crippen LogP contribution in [0.1, 0.15) is 77.3 Å². The summed E-state index contributed by atoms with van der Waals surface area (Å²) in [5.41, 5.74) is 0.367. The van der Waals surface area contributed by atoms with Crippen LogP contribution < -0.4 is 0 Å². The van der Waals surface area contributed by atoms with Gasteiger partial charge >= 0.3 is 0 Å². The van der Waals surface area contributed by atoms with Crippen molar-refractivity contribution in [3.63, 3.8) is 0 Å². The van der Waals surface area contributed by atoms with E-state index in [0.717, 1.165) is 49.1 Å². The summed E-state index contributed by atoms with van der Waals surface area (Å²) in [7, 11) is 1.65. The second-order valence-corrected chi connectivity index (χ2v) is 13.5. The van der Waals surface area contributed by atoms with Crippen LogP contribution in [0.3, 0.4) is 0 Å². The van der Waals surface area contributed by atoms with Gasteiger partial charge in [-0.2, -0.15) is 0 Å². The number of hydrogen-bond donors (Lipinski definition) is 1. The molecule has 226 valence electrons. The van der Waals surface area contributed by atoms with Gasteiger partial charge in [0.05, 0.1) is 58.0 Å². The standard InChI is InChI=1S/C31H51N3O6/c1-30(36)10-8-24-22(18-30)4-5-26-25(24)9-11-31(2)27(26)6-7-28(31)29(35)20-34-19-23(32-33-34)21-40-17-16-39-15-14-38-13-12-37-3/h19,22,24-28,36H,4-18,20-21H2,1-3H3/t22-,24+,25-,26-,27+,28-,30-,31+/m1/s1. The summed E-state index contributed by atoms with van der Waals surface area (Å²) >= 11 is 0. The van der Waals surface area contributed by atoms with E-state index in [0.29, 0.717) is 70.4 Å². The van der Waals surface area contributed by atoms with Crippen LogP contribution >= 0.6 is 0 Å². The lowest BCUT2D eigenvalue weighted by Crippen LogP contribution is -2.51. The second kappa shape index (κ2) is 13.3. The normalized spacial score (nSPS) is 37.1. The Morgan fingerprint density at radius 2 is 1.65 bits per heavy atom. The third-order valence-corrected chi connectivity index (χ3v) is 11.0. The zero-order valence-electron chi connectivity index (χ0n) is 24.9. The van der Waals surface area contributed by atoms with Gasteiger partial charge in [-0.3, -0.25) is 4.79 Å². The van der Waals surface area contributed by atoms with Gasteiger partial charge in [0.1, 0.15) is 12.2 Å². The second-order valence-electron chi connectivity index (χ2n) is 13.5. The molecule has 0 bridgehead atoms. The topological polar surface area (TPSA) is 105 Å². The molecule has 1 heterocycles. The van der Waals surface area contributed by atoms with E-state index in [-0.39, 0.29) is 11.3 Å². The van der Waals surface area contributed by atoms with Crippen molar-refractivity contribution in [1.82, 2.24) is 15.0 Å². The van der Waals surface area contributed by atoms with Crippen molar-refractivity contribution >= 4 is 5.78 Å². The van der Waals surface area contributed by atoms with Gasteiger partial charge in [0.25, 0.3) is 0 Å². The number of nitrogens with zero attached hydrogens (tertiary/aromatic N) is 3. The molecule has 4 aliphatic rings. The lowest BCUT2D eigenvalue weighted by molar-refractivity contribution is -0.133. The zero-order chi connectivity index (χ0) is 28.2. The van der Waals surface area contributed by atoms with Crippen LogP contribution in [0.4, 0.5) is 0 Å². The van der Waals surface area contributed by atoms with E-state index < -0.39 is 5.60 Å². The molecular formula is C31H51N3O6. The average Bonchev–Trinajstić information content (AvgIpc) is 3.52. The molecule has 1 aromatic rings. The molecule has 0 saturated heterocycles. The molecule has 5 rings (SSSR count). The molecular weight excluding hydrogens is 510 g/mol. The molecule has 4 saturated carbocycles. The summed E-state index contributed by atoms with van der Waals surface area (Å²) < 4.78 is 23.1. The number of hydrogen-bond acceptors (Lipinski definition) is 8. The quantitative estimate of drug-likeness (QED) is 0.339. The van der Waals surface area contributed by atoms with E-state index in [1.807, 2.05) is 13.1 Å². The van der Waals surface area contributed by atoms with Crippen LogP contribution in [0.15, 0.2) is 6.20 Å². The largest absolute Gasteiger partial charge is 0.390 e. The monoisotopic (exact) mass is 561 g/mol. The van der Waals surface area contributed by atoms with Crippen LogP contribution in [0.25, 0.3) is 0 Å². The molecule has 9 heteroatoms. The van der Waals surface area contributed by atoms with Crippen molar-refractivity contribution < 1.29 is 28.8 Å². The lowest BCUT2D eigenvalue weighted by Gasteiger charge is -2.56. The summed E-state index contributed by atoms with van der Waals surface area (Å²) in [6.45, 7) is 8.27. The molecule has 0 unspecified atom stereocenters. The number of rotatable bonds is 14. The minimum Gasteiger partial charge on any atom is -0.390 e. The molecule has 0 amide bonds. The van der Waals surface area contributed by atoms with E-state index in [9.17, 15) is 9.90 Å². The fourth-order valence-electron chi connectivity index (χ4n) is 9.12. The molecule has 4 fully saturated rings. The minimum atomic E-state index is -0.469. The van der Waals surface area contributed by atoms with Crippen molar-refractivity contribution in [1.29, 1.82) is 0 Å². The average molecular weight is 562 g/mol. The summed E-state index contributed by atoms with van der Waals surface area (Å²) in [6, 6.07) is 0. The van der Waals surface area contributed by atoms with Crippen molar-refractivity contribution in [2.24, 2.45) is 40.9 Å². The maximum absolute atomic E-state index is 13.6. The fourth-order valence-corrected chi connectivity index (χ4v) is 9.12. The van der Waals surface area contributed by atoms with E-state index in [2.05, 4.69) is 17.2 Å². The van der Waals surface area contributed by atoms with Gasteiger partial charge < -0.3 is 24.1 Å². The number of ether oxygens (including phenoxy) is 4. The van der Waals surface area contributed by atoms with Gasteiger partial charge in [-0.1, -0.05) is 12.1 Å². The van der Waals surface area contributed by atoms with E-state index in [1.165, 1.54) is 32.1 Å². The molecule has 4 aliphatic carbocycles. The van der Waals surface area contributed by atoms with E-state index in [1.54, 1.807) is 11.8 Å². The maximum atomic E-state index is 13.6. The SMILES string of the molecule is COCCOCCOCCOCc1cn(CC(=O)[C@H]2CC[C@H]3[C@@H]4CC[C@@H]5C[C@](C)(O)CC[C@@H]5[C@H]4CC[C@]23C)nn1. The Hall–Kier alpha value is -1.39. The summed E-state index contributed by atoms with van der Waals surface area (Å²) in [6.07, 6.45) is 12.1. The molecule has 40 heavy (non-hydrogen) atoms. The van der Waals surface area contributed by atoms with Crippen molar-refractivity contribution in [3.05, 3.63) is 11.9 Å². The van der Waals surface area contributed by atoms with Crippen LogP contribution in [0, 0.1) is 40.9 Å². The van der Waals surface area contributed by atoms with Gasteiger partial charge in [-0.15, -0.1) is 5.10 Å². The summed E-state index contributed by atoms with van der Waals surface area (Å²) in [5.74, 6) is 4.09. The number of aromatic nitrogens is 3. The Labute approximate surface area is 239 Å². The Morgan fingerprint density at radius 1 is 0.925 bits per heavy atom. The van der Waals surface area contributed by atoms with Crippen molar-refractivity contribution in [2.45, 2.75) is 90.4 Å². The van der Waals surface area contributed by atoms with Crippen LogP contribution in [0.5, 0.6) is 0 Å². The highest BCUT2D eigenvalue weighted by atomic mass is 16.6. The fraction of sp³-hybridized carbons (Fsp3) is 0.903. The highest BCUT2D eigenvalue weighted by Crippen LogP contribution is 2.64. The summed E-state index contributed by atoms with van der Waals surface area (Å²) in [5, 5.41) is 19.1. The smallest absolute Gasteiger partial charge is 0.157 e. The molecule has 0 radical (unpaired) electrons. The van der Waals surface area contributed by atoms with Gasteiger partial charge in [0.2, 0.25) is 0 Å². The molecule has 0 spiro atoms. The molecule has 9 nitrogen and oxygen atoms in total. The van der Waals surface area contributed by atoms with Gasteiger partial charge in [-0.05, 0) is 99.7 Å². The number of Topliss-reactive ketones (excluding diaryl/α,β-unsaturated/α-hetero) is 1. The minimum absolute atomic E-state index is 0.104. The zero-order valence-corrected chi connectivity index (χ0v) is 24.9. The highest BCUT2D eigenvalue weighted by Gasteiger charge is 2.58. The predicted molar refractivity (Wildman–Crippen MR) is 149 cm³/mol. The first kappa shape index (κ1) is 30.1. The van der Waals surface area contributed by atoms with E-state index >= 15 is 0 Å². The van der Waals surface area contributed by atoms with Gasteiger partial charge in [-0.25, -0.2) is 4.68 Å². The third-order valence-electron chi connectivity index (χ3n) is 11.0. The Balaban J connectivity index is 1.06. The summed E-state index contributed by atoms with van der Waals surface area (Å²) in [4.78, 5) is 13.6. The van der Waals surface area contributed by atoms with Crippen molar-refractivity contribution in [3.8, 4) is 0 Å². The van der Waals surface area contributed by atoms with Crippen LogP contribution in [-0.2, 0) is 36.9 Å². The van der Waals surface area contributed by atoms with Crippen LogP contribution in [-0.4, -0.2) is 78.2 Å². The predicted octanol–water partition coefficient (Wildman–Crippen LogP) is 4.06. The first-order valence-electron chi connectivity index (χ1n) is 15.7. The number of carbonyl (C=O) groups excluding carboxylic acids is 1. The van der Waals surface area contributed by atoms with Gasteiger partial charge in [0, 0.05) is 13.0 Å². The Kier molecular flexibility index (Phi) is 9.99. The molecule has 0 aromatic carbocycles. The third kappa shape index (κ3) is 6.80. The first-order valence-corrected chi connectivity index (χ1v) is 15.7. The lowest BCUT2D eigenvalue weighted by atomic mass is 9.49. The number of fused-ring (bicyclic) bond motifs is 5. The number of aliphatic hydroxyl groups is 1. The molecule has 0 aliphatic heterocycles. The molecule has 8 atom stereocenters. The number of ketones is 1. The Bertz CT molecular complexity index is 969. The van der Waals surface area contributed by atoms with Crippen molar-refractivity contribution in [2.75, 3.05) is 46.8 Å². The highest BCUT2D eigenvalue weighted by molar-refractivity contribution is 5.82. The molecule has 1 N–H and O–H groups in total. The first-order chi connectivity index (χ1) is 19.3. The Morgan fingerprint density at radius 3 is 2.42 bits per heavy atom. The van der Waals surface area contributed by atoms with Crippen LogP contribution in [0.2, 0.25) is 0 Å². The van der Waals surface area contributed by atoms with Gasteiger partial charge in [0.15, 0.2) is 5.78 Å². The molecule has 1 aromatic heterocycles. The number of carbonyl (C=O) groups is 1.